The number of carbonyl (C=O) groups excluding carboxylic acids is 3. The third-order valence-electron chi connectivity index (χ3n) is 5.42. The molecule has 0 saturated carbocycles. The van der Waals surface area contributed by atoms with Gasteiger partial charge in [0.15, 0.2) is 0 Å². The highest BCUT2D eigenvalue weighted by Gasteiger charge is 2.59. The maximum absolute atomic E-state index is 14.1. The van der Waals surface area contributed by atoms with Crippen LogP contribution in [0.1, 0.15) is 38.8 Å². The third kappa shape index (κ3) is 4.87. The first-order chi connectivity index (χ1) is 15.5. The minimum Gasteiger partial charge on any atom is -0.443 e. The summed E-state index contributed by atoms with van der Waals surface area (Å²) >= 11 is 0. The Labute approximate surface area is 191 Å². The first kappa shape index (κ1) is 23.9. The highest BCUT2D eigenvalue weighted by atomic mass is 16.6. The number of anilines is 1. The van der Waals surface area contributed by atoms with Gasteiger partial charge in [-0.25, -0.2) is 9.69 Å². The van der Waals surface area contributed by atoms with E-state index in [2.05, 4.69) is 5.32 Å². The topological polar surface area (TPSA) is 119 Å². The van der Waals surface area contributed by atoms with Gasteiger partial charge in [-0.15, -0.1) is 0 Å². The van der Waals surface area contributed by atoms with Crippen molar-refractivity contribution >= 4 is 23.6 Å². The SMILES string of the molecule is CC(=O)N[C@H](C[N+](=O)[O-])[C@]1(Cc2ccccc2)C(=O)N(C(=O)OC(C)(C)C)c2ccccc21. The summed E-state index contributed by atoms with van der Waals surface area (Å²) < 4.78 is 5.48. The fraction of sp³-hybridized carbons (Fsp3) is 0.375. The number of para-hydroxylation sites is 1. The lowest BCUT2D eigenvalue weighted by atomic mass is 9.70. The fourth-order valence-electron chi connectivity index (χ4n) is 4.23. The largest absolute Gasteiger partial charge is 0.443 e. The molecule has 9 heteroatoms. The van der Waals surface area contributed by atoms with E-state index in [1.54, 1.807) is 69.3 Å². The van der Waals surface area contributed by atoms with E-state index < -0.39 is 46.4 Å². The highest BCUT2D eigenvalue weighted by Crippen LogP contribution is 2.47. The van der Waals surface area contributed by atoms with E-state index in [0.717, 1.165) is 10.5 Å². The molecule has 0 bridgehead atoms. The second-order valence-electron chi connectivity index (χ2n) is 9.04. The first-order valence-electron chi connectivity index (χ1n) is 10.6. The normalized spacial score (nSPS) is 18.4. The van der Waals surface area contributed by atoms with Crippen LogP contribution in [0.2, 0.25) is 0 Å². The molecular weight excluding hydrogens is 426 g/mol. The van der Waals surface area contributed by atoms with Crippen LogP contribution in [0.25, 0.3) is 0 Å². The van der Waals surface area contributed by atoms with Crippen LogP contribution in [-0.2, 0) is 26.2 Å². The smallest absolute Gasteiger partial charge is 0.421 e. The quantitative estimate of drug-likeness (QED) is 0.530. The summed E-state index contributed by atoms with van der Waals surface area (Å²) in [5, 5.41) is 14.2. The predicted octanol–water partition coefficient (Wildman–Crippen LogP) is 3.23. The molecule has 9 nitrogen and oxygen atoms in total. The number of imide groups is 1. The molecule has 33 heavy (non-hydrogen) atoms. The second kappa shape index (κ2) is 9.01. The van der Waals surface area contributed by atoms with E-state index >= 15 is 0 Å². The van der Waals surface area contributed by atoms with Gasteiger partial charge in [-0.1, -0.05) is 48.5 Å². The molecule has 1 N–H and O–H groups in total. The van der Waals surface area contributed by atoms with E-state index in [4.69, 9.17) is 4.74 Å². The predicted molar refractivity (Wildman–Crippen MR) is 121 cm³/mol. The van der Waals surface area contributed by atoms with Crippen molar-refractivity contribution in [1.29, 1.82) is 0 Å². The maximum Gasteiger partial charge on any atom is 0.421 e. The van der Waals surface area contributed by atoms with E-state index in [-0.39, 0.29) is 12.1 Å². The summed E-state index contributed by atoms with van der Waals surface area (Å²) in [5.74, 6) is -1.20. The summed E-state index contributed by atoms with van der Waals surface area (Å²) in [5.41, 5.74) is -1.02. The summed E-state index contributed by atoms with van der Waals surface area (Å²) in [6, 6.07) is 14.4. The maximum atomic E-state index is 14.1. The van der Waals surface area contributed by atoms with Crippen molar-refractivity contribution in [2.45, 2.75) is 51.2 Å². The molecule has 1 heterocycles. The average molecular weight is 453 g/mol. The molecule has 0 aliphatic carbocycles. The number of fused-ring (bicyclic) bond motifs is 1. The lowest BCUT2D eigenvalue weighted by molar-refractivity contribution is -0.484. The number of nitrogens with zero attached hydrogens (tertiary/aromatic N) is 2. The van der Waals surface area contributed by atoms with Crippen molar-refractivity contribution in [2.75, 3.05) is 11.4 Å². The van der Waals surface area contributed by atoms with Crippen molar-refractivity contribution in [3.8, 4) is 0 Å². The molecule has 3 amide bonds. The first-order valence-corrected chi connectivity index (χ1v) is 10.6. The minimum atomic E-state index is -1.59. The van der Waals surface area contributed by atoms with Crippen LogP contribution in [0.15, 0.2) is 54.6 Å². The minimum absolute atomic E-state index is 0.0434. The molecule has 1 aliphatic rings. The van der Waals surface area contributed by atoms with E-state index in [0.29, 0.717) is 5.56 Å². The Hall–Kier alpha value is -3.75. The van der Waals surface area contributed by atoms with E-state index in [1.165, 1.54) is 6.92 Å². The van der Waals surface area contributed by atoms with Gasteiger partial charge in [-0.2, -0.15) is 0 Å². The van der Waals surface area contributed by atoms with Gasteiger partial charge < -0.3 is 10.1 Å². The number of nitro groups is 1. The average Bonchev–Trinajstić information content (AvgIpc) is 2.95. The van der Waals surface area contributed by atoms with Gasteiger partial charge in [-0.3, -0.25) is 19.7 Å². The van der Waals surface area contributed by atoms with Gasteiger partial charge in [0.05, 0.1) is 5.69 Å². The zero-order valence-corrected chi connectivity index (χ0v) is 19.0. The van der Waals surface area contributed by atoms with Crippen molar-refractivity contribution in [2.24, 2.45) is 0 Å². The Kier molecular flexibility index (Phi) is 6.53. The van der Waals surface area contributed by atoms with Crippen molar-refractivity contribution in [3.63, 3.8) is 0 Å². The Morgan fingerprint density at radius 2 is 1.73 bits per heavy atom. The van der Waals surface area contributed by atoms with Crippen LogP contribution in [-0.4, -0.2) is 41.0 Å². The van der Waals surface area contributed by atoms with E-state index in [1.807, 2.05) is 6.07 Å². The summed E-state index contributed by atoms with van der Waals surface area (Å²) in [4.78, 5) is 51.2. The number of hydrogen-bond acceptors (Lipinski definition) is 6. The van der Waals surface area contributed by atoms with Crippen LogP contribution in [0, 0.1) is 10.1 Å². The van der Waals surface area contributed by atoms with Gasteiger partial charge in [0.2, 0.25) is 18.4 Å². The Morgan fingerprint density at radius 3 is 2.30 bits per heavy atom. The molecule has 3 rings (SSSR count). The molecule has 0 fully saturated rings. The molecule has 2 aromatic carbocycles. The van der Waals surface area contributed by atoms with E-state index in [9.17, 15) is 24.5 Å². The molecule has 0 aromatic heterocycles. The Balaban J connectivity index is 2.24. The molecule has 2 atom stereocenters. The number of hydrogen-bond donors (Lipinski definition) is 1. The summed E-state index contributed by atoms with van der Waals surface area (Å²) in [6.45, 7) is 5.58. The van der Waals surface area contributed by atoms with Crippen molar-refractivity contribution in [3.05, 3.63) is 75.8 Å². The monoisotopic (exact) mass is 453 g/mol. The van der Waals surface area contributed by atoms with Crippen molar-refractivity contribution < 1.29 is 24.0 Å². The summed E-state index contributed by atoms with van der Waals surface area (Å²) in [7, 11) is 0. The third-order valence-corrected chi connectivity index (χ3v) is 5.42. The molecule has 0 unspecified atom stereocenters. The number of rotatable bonds is 6. The zero-order chi connectivity index (χ0) is 24.4. The molecule has 174 valence electrons. The zero-order valence-electron chi connectivity index (χ0n) is 19.0. The van der Waals surface area contributed by atoms with Crippen molar-refractivity contribution in [1.82, 2.24) is 5.32 Å². The number of carbonyl (C=O) groups is 3. The Morgan fingerprint density at radius 1 is 1.12 bits per heavy atom. The summed E-state index contributed by atoms with van der Waals surface area (Å²) in [6.07, 6.45) is -0.834. The number of nitrogens with one attached hydrogen (secondary N) is 1. The van der Waals surface area contributed by atoms with Crippen LogP contribution in [0.5, 0.6) is 0 Å². The standard InChI is InChI=1S/C24H27N3O6/c1-16(28)25-20(15-26(31)32)24(14-17-10-6-5-7-11-17)18-12-8-9-13-19(18)27(21(24)29)22(30)33-23(2,3)4/h5-13,20H,14-15H2,1-4H3,(H,25,28)/t20-,24-/m1/s1. The number of benzene rings is 2. The van der Waals surface area contributed by atoms with Gasteiger partial charge in [0.25, 0.3) is 0 Å². The van der Waals surface area contributed by atoms with Crippen LogP contribution < -0.4 is 10.2 Å². The van der Waals surface area contributed by atoms with Gasteiger partial charge in [0.1, 0.15) is 17.1 Å². The van der Waals surface area contributed by atoms with Gasteiger partial charge in [0, 0.05) is 11.8 Å². The second-order valence-corrected chi connectivity index (χ2v) is 9.04. The molecule has 0 spiro atoms. The van der Waals surface area contributed by atoms with Gasteiger partial charge >= 0.3 is 6.09 Å². The van der Waals surface area contributed by atoms with Gasteiger partial charge in [-0.05, 0) is 44.4 Å². The molecule has 0 saturated heterocycles. The molecule has 2 aromatic rings. The molecule has 0 radical (unpaired) electrons. The Bertz CT molecular complexity index is 1060. The lowest BCUT2D eigenvalue weighted by Crippen LogP contribution is -2.60. The number of amides is 3. The molecular formula is C24H27N3O6. The van der Waals surface area contributed by atoms with Crippen LogP contribution >= 0.6 is 0 Å². The van der Waals surface area contributed by atoms with Crippen LogP contribution in [0.4, 0.5) is 10.5 Å². The highest BCUT2D eigenvalue weighted by molar-refractivity contribution is 6.21. The lowest BCUT2D eigenvalue weighted by Gasteiger charge is -2.35. The fourth-order valence-corrected chi connectivity index (χ4v) is 4.23. The van der Waals surface area contributed by atoms with Crippen LogP contribution in [0.3, 0.4) is 0 Å². The molecule has 1 aliphatic heterocycles. The number of ether oxygens (including phenoxy) is 1.